The van der Waals surface area contributed by atoms with Gasteiger partial charge in [0.25, 0.3) is 0 Å². The average Bonchev–Trinajstić information content (AvgIpc) is 2.36. The Morgan fingerprint density at radius 1 is 1.33 bits per heavy atom. The fourth-order valence-corrected chi connectivity index (χ4v) is 2.93. The number of benzene rings is 1. The van der Waals surface area contributed by atoms with E-state index < -0.39 is 11.6 Å². The first kappa shape index (κ1) is 16.7. The number of nitrogens with one attached hydrogen (secondary N) is 1. The van der Waals surface area contributed by atoms with Gasteiger partial charge in [0, 0.05) is 4.47 Å². The molecule has 1 aliphatic carbocycles. The van der Waals surface area contributed by atoms with Crippen LogP contribution in [0.4, 0.5) is 8.78 Å². The molecule has 1 fully saturated rings. The van der Waals surface area contributed by atoms with Crippen molar-refractivity contribution in [3.05, 3.63) is 28.2 Å². The Morgan fingerprint density at radius 3 is 2.62 bits per heavy atom. The highest BCUT2D eigenvalue weighted by Crippen LogP contribution is 2.40. The van der Waals surface area contributed by atoms with E-state index in [1.165, 1.54) is 6.07 Å². The van der Waals surface area contributed by atoms with Gasteiger partial charge in [0.1, 0.15) is 5.60 Å². The Bertz CT molecular complexity index is 489. The fraction of sp³-hybridized carbons (Fsp3) is 0.625. The zero-order chi connectivity index (χ0) is 15.5. The van der Waals surface area contributed by atoms with E-state index in [9.17, 15) is 8.78 Å². The van der Waals surface area contributed by atoms with E-state index in [4.69, 9.17) is 4.74 Å². The van der Waals surface area contributed by atoms with Gasteiger partial charge in [0.15, 0.2) is 11.6 Å². The quantitative estimate of drug-likeness (QED) is 0.563. The van der Waals surface area contributed by atoms with E-state index in [1.807, 2.05) is 0 Å². The van der Waals surface area contributed by atoms with Gasteiger partial charge in [-0.05, 0) is 56.8 Å². The largest absolute Gasteiger partial charge is 0.484 e. The van der Waals surface area contributed by atoms with Crippen molar-refractivity contribution in [2.75, 3.05) is 13.1 Å². The molecule has 0 amide bonds. The molecule has 1 saturated carbocycles. The van der Waals surface area contributed by atoms with Crippen molar-refractivity contribution in [3.8, 4) is 5.75 Å². The third-order valence-electron chi connectivity index (χ3n) is 3.86. The maximum atomic E-state index is 13.8. The second kappa shape index (κ2) is 7.05. The van der Waals surface area contributed by atoms with Gasteiger partial charge in [-0.2, -0.15) is 4.39 Å². The summed E-state index contributed by atoms with van der Waals surface area (Å²) in [5.74, 6) is -1.18. The summed E-state index contributed by atoms with van der Waals surface area (Å²) in [7, 11) is 0. The summed E-state index contributed by atoms with van der Waals surface area (Å²) in [6, 6.07) is 2.61. The molecule has 0 spiro atoms. The molecule has 0 radical (unpaired) electrons. The summed E-state index contributed by atoms with van der Waals surface area (Å²) in [6.45, 7) is 6.09. The lowest BCUT2D eigenvalue weighted by Gasteiger charge is -2.42. The zero-order valence-electron chi connectivity index (χ0n) is 12.5. The molecule has 0 atom stereocenters. The van der Waals surface area contributed by atoms with Crippen LogP contribution in [0.25, 0.3) is 0 Å². The maximum absolute atomic E-state index is 13.8. The maximum Gasteiger partial charge on any atom is 0.200 e. The van der Waals surface area contributed by atoms with Crippen molar-refractivity contribution in [1.29, 1.82) is 0 Å². The molecule has 0 unspecified atom stereocenters. The molecule has 1 aromatic carbocycles. The van der Waals surface area contributed by atoms with Crippen LogP contribution < -0.4 is 10.1 Å². The molecular weight excluding hydrogens is 340 g/mol. The van der Waals surface area contributed by atoms with Crippen LogP contribution in [0.5, 0.6) is 5.75 Å². The molecule has 0 bridgehead atoms. The van der Waals surface area contributed by atoms with Crippen LogP contribution in [0.15, 0.2) is 16.6 Å². The molecule has 0 saturated heterocycles. The van der Waals surface area contributed by atoms with Crippen molar-refractivity contribution < 1.29 is 13.5 Å². The molecule has 1 aliphatic rings. The average molecular weight is 362 g/mol. The van der Waals surface area contributed by atoms with Crippen LogP contribution in [-0.4, -0.2) is 18.7 Å². The van der Waals surface area contributed by atoms with E-state index in [0.29, 0.717) is 10.4 Å². The Hall–Kier alpha value is -0.680. The summed E-state index contributed by atoms with van der Waals surface area (Å²) in [4.78, 5) is 0. The molecule has 21 heavy (non-hydrogen) atoms. The van der Waals surface area contributed by atoms with E-state index in [-0.39, 0.29) is 11.4 Å². The second-order valence-corrected chi connectivity index (χ2v) is 7.10. The third-order valence-corrected chi connectivity index (χ3v) is 4.32. The van der Waals surface area contributed by atoms with Crippen LogP contribution in [0.3, 0.4) is 0 Å². The van der Waals surface area contributed by atoms with Gasteiger partial charge in [-0.3, -0.25) is 0 Å². The fourth-order valence-electron chi connectivity index (χ4n) is 2.52. The molecule has 5 heteroatoms. The number of hydrogen-bond donors (Lipinski definition) is 1. The normalized spacial score (nSPS) is 16.9. The first-order valence-electron chi connectivity index (χ1n) is 7.46. The Kier molecular flexibility index (Phi) is 5.60. The SMILES string of the molecule is CC(C)CNCCC1(Oc2cc(Br)cc(F)c2F)CCC1. The molecule has 2 rings (SSSR count). The third kappa shape index (κ3) is 4.39. The van der Waals surface area contributed by atoms with E-state index in [1.54, 1.807) is 0 Å². The predicted molar refractivity (Wildman–Crippen MR) is 83.6 cm³/mol. The summed E-state index contributed by atoms with van der Waals surface area (Å²) in [6.07, 6.45) is 3.67. The zero-order valence-corrected chi connectivity index (χ0v) is 14.1. The van der Waals surface area contributed by atoms with Gasteiger partial charge in [-0.1, -0.05) is 29.8 Å². The van der Waals surface area contributed by atoms with Crippen LogP contribution in [0.1, 0.15) is 39.5 Å². The van der Waals surface area contributed by atoms with Crippen LogP contribution in [0, 0.1) is 17.6 Å². The second-order valence-electron chi connectivity index (χ2n) is 6.19. The van der Waals surface area contributed by atoms with Gasteiger partial charge in [0.05, 0.1) is 0 Å². The van der Waals surface area contributed by atoms with Gasteiger partial charge in [0.2, 0.25) is 5.82 Å². The summed E-state index contributed by atoms with van der Waals surface area (Å²) in [5.41, 5.74) is -0.349. The Balaban J connectivity index is 1.98. The molecule has 0 aromatic heterocycles. The van der Waals surface area contributed by atoms with Gasteiger partial charge < -0.3 is 10.1 Å². The molecule has 0 heterocycles. The standard InChI is InChI=1S/C16H22BrF2NO/c1-11(2)10-20-7-6-16(4-3-5-16)21-14-9-12(17)8-13(18)15(14)19/h8-9,11,20H,3-7,10H2,1-2H3. The molecule has 1 aromatic rings. The number of halogens is 3. The lowest BCUT2D eigenvalue weighted by atomic mass is 9.77. The monoisotopic (exact) mass is 361 g/mol. The minimum Gasteiger partial charge on any atom is -0.484 e. The van der Waals surface area contributed by atoms with Crippen molar-refractivity contribution >= 4 is 15.9 Å². The molecular formula is C16H22BrF2NO. The number of ether oxygens (including phenoxy) is 1. The van der Waals surface area contributed by atoms with Gasteiger partial charge in [-0.25, -0.2) is 4.39 Å². The highest BCUT2D eigenvalue weighted by molar-refractivity contribution is 9.10. The number of rotatable bonds is 7. The molecule has 2 nitrogen and oxygen atoms in total. The lowest BCUT2D eigenvalue weighted by molar-refractivity contribution is -0.0177. The minimum atomic E-state index is -0.903. The van der Waals surface area contributed by atoms with Gasteiger partial charge >= 0.3 is 0 Å². The Labute approximate surface area is 133 Å². The highest BCUT2D eigenvalue weighted by Gasteiger charge is 2.39. The van der Waals surface area contributed by atoms with Crippen LogP contribution in [0.2, 0.25) is 0 Å². The van der Waals surface area contributed by atoms with Gasteiger partial charge in [-0.15, -0.1) is 0 Å². The topological polar surface area (TPSA) is 21.3 Å². The van der Waals surface area contributed by atoms with Crippen LogP contribution in [-0.2, 0) is 0 Å². The Morgan fingerprint density at radius 2 is 2.05 bits per heavy atom. The van der Waals surface area contributed by atoms with Crippen LogP contribution >= 0.6 is 15.9 Å². The first-order chi connectivity index (χ1) is 9.92. The molecule has 1 N–H and O–H groups in total. The molecule has 0 aliphatic heterocycles. The summed E-state index contributed by atoms with van der Waals surface area (Å²) in [5, 5.41) is 3.37. The van der Waals surface area contributed by atoms with Crippen molar-refractivity contribution in [2.24, 2.45) is 5.92 Å². The van der Waals surface area contributed by atoms with Crippen molar-refractivity contribution in [3.63, 3.8) is 0 Å². The highest BCUT2D eigenvalue weighted by atomic mass is 79.9. The van der Waals surface area contributed by atoms with Crippen molar-refractivity contribution in [2.45, 2.75) is 45.1 Å². The summed E-state index contributed by atoms with van der Waals surface area (Å²) < 4.78 is 33.6. The smallest absolute Gasteiger partial charge is 0.200 e. The number of hydrogen-bond acceptors (Lipinski definition) is 2. The van der Waals surface area contributed by atoms with Crippen molar-refractivity contribution in [1.82, 2.24) is 5.32 Å². The predicted octanol–water partition coefficient (Wildman–Crippen LogP) is 4.66. The minimum absolute atomic E-state index is 0.00503. The van der Waals surface area contributed by atoms with E-state index >= 15 is 0 Å². The van der Waals surface area contributed by atoms with E-state index in [0.717, 1.165) is 44.8 Å². The first-order valence-corrected chi connectivity index (χ1v) is 8.25. The lowest BCUT2D eigenvalue weighted by Crippen LogP contribution is -2.45. The summed E-state index contributed by atoms with van der Waals surface area (Å²) >= 11 is 3.18. The van der Waals surface area contributed by atoms with E-state index in [2.05, 4.69) is 35.1 Å². The molecule has 118 valence electrons.